The number of ether oxygens (including phenoxy) is 2. The number of hydrogen-bond acceptors (Lipinski definition) is 6. The van der Waals surface area contributed by atoms with Gasteiger partial charge in [0.1, 0.15) is 12.4 Å². The Morgan fingerprint density at radius 2 is 1.81 bits per heavy atom. The molecule has 1 heterocycles. The average Bonchev–Trinajstić information content (AvgIpc) is 3.12. The van der Waals surface area contributed by atoms with E-state index in [0.29, 0.717) is 18.3 Å². The first-order valence-electron chi connectivity index (χ1n) is 8.12. The van der Waals surface area contributed by atoms with Crippen LogP contribution in [0.2, 0.25) is 0 Å². The van der Waals surface area contributed by atoms with Crippen LogP contribution in [0.4, 0.5) is 5.95 Å². The second kappa shape index (κ2) is 8.26. The fourth-order valence-corrected chi connectivity index (χ4v) is 2.42. The topological polar surface area (TPSA) is 78.3 Å². The van der Waals surface area contributed by atoms with Gasteiger partial charge in [0, 0.05) is 19.2 Å². The Morgan fingerprint density at radius 3 is 2.46 bits per heavy atom. The second-order valence-corrected chi connectivity index (χ2v) is 5.57. The third-order valence-corrected chi connectivity index (χ3v) is 3.75. The highest BCUT2D eigenvalue weighted by atomic mass is 16.5. The minimum Gasteiger partial charge on any atom is -0.497 e. The number of carbonyl (C=O) groups excluding carboxylic acids is 1. The molecule has 0 amide bonds. The number of methoxy groups -OCH3 is 2. The molecule has 0 saturated carbocycles. The maximum absolute atomic E-state index is 12.3. The molecule has 0 fully saturated rings. The van der Waals surface area contributed by atoms with Gasteiger partial charge >= 0.3 is 0 Å². The van der Waals surface area contributed by atoms with Crippen molar-refractivity contribution < 1.29 is 14.3 Å². The van der Waals surface area contributed by atoms with E-state index in [9.17, 15) is 4.79 Å². The Bertz CT molecular complexity index is 860. The summed E-state index contributed by atoms with van der Waals surface area (Å²) in [6.45, 7) is 0.452. The van der Waals surface area contributed by atoms with Gasteiger partial charge in [-0.2, -0.15) is 9.67 Å². The minimum absolute atomic E-state index is 0.0779. The smallest absolute Gasteiger partial charge is 0.276 e. The highest BCUT2D eigenvalue weighted by Crippen LogP contribution is 2.21. The number of aromatic nitrogens is 3. The van der Waals surface area contributed by atoms with Crippen molar-refractivity contribution in [2.45, 2.75) is 6.54 Å². The van der Waals surface area contributed by atoms with Crippen molar-refractivity contribution in [3.05, 3.63) is 60.2 Å². The van der Waals surface area contributed by atoms with Crippen LogP contribution in [0, 0.1) is 0 Å². The molecule has 26 heavy (non-hydrogen) atoms. The minimum atomic E-state index is -0.296. The molecule has 1 N–H and O–H groups in total. The van der Waals surface area contributed by atoms with Crippen molar-refractivity contribution >= 4 is 11.9 Å². The van der Waals surface area contributed by atoms with Crippen LogP contribution < -0.4 is 10.1 Å². The summed E-state index contributed by atoms with van der Waals surface area (Å²) >= 11 is 0. The molecule has 0 aliphatic carbocycles. The highest BCUT2D eigenvalue weighted by molar-refractivity contribution is 5.82. The molecular weight excluding hydrogens is 332 g/mol. The third kappa shape index (κ3) is 4.07. The zero-order valence-corrected chi connectivity index (χ0v) is 14.7. The van der Waals surface area contributed by atoms with Crippen LogP contribution >= 0.6 is 0 Å². The van der Waals surface area contributed by atoms with E-state index in [1.165, 1.54) is 11.8 Å². The number of anilines is 1. The van der Waals surface area contributed by atoms with Gasteiger partial charge in [0.15, 0.2) is 5.82 Å². The lowest BCUT2D eigenvalue weighted by Gasteiger charge is -2.06. The van der Waals surface area contributed by atoms with E-state index in [1.54, 1.807) is 7.11 Å². The lowest BCUT2D eigenvalue weighted by molar-refractivity contribution is 0.0748. The molecule has 134 valence electrons. The van der Waals surface area contributed by atoms with Crippen LogP contribution in [0.5, 0.6) is 5.75 Å². The fraction of sp³-hybridized carbons (Fsp3) is 0.211. The molecular formula is C19H20N4O3. The number of hydrogen-bond donors (Lipinski definition) is 1. The van der Waals surface area contributed by atoms with Gasteiger partial charge in [0.05, 0.1) is 7.11 Å². The summed E-state index contributed by atoms with van der Waals surface area (Å²) in [6.07, 6.45) is 0. The van der Waals surface area contributed by atoms with Crippen molar-refractivity contribution in [3.63, 3.8) is 0 Å². The molecule has 7 nitrogen and oxygen atoms in total. The SMILES string of the molecule is COCC(=O)n1nc(-c2ccc(OC)cc2)nc1NCc1ccccc1. The van der Waals surface area contributed by atoms with E-state index in [1.807, 2.05) is 54.6 Å². The number of rotatable bonds is 7. The van der Waals surface area contributed by atoms with Gasteiger partial charge in [0.2, 0.25) is 5.95 Å². The average molecular weight is 352 g/mol. The van der Waals surface area contributed by atoms with E-state index in [2.05, 4.69) is 15.4 Å². The predicted molar refractivity (Wildman–Crippen MR) is 98.3 cm³/mol. The molecule has 3 aromatic rings. The van der Waals surface area contributed by atoms with E-state index in [4.69, 9.17) is 9.47 Å². The molecule has 0 atom stereocenters. The van der Waals surface area contributed by atoms with Crippen molar-refractivity contribution in [1.29, 1.82) is 0 Å². The van der Waals surface area contributed by atoms with Crippen molar-refractivity contribution in [2.24, 2.45) is 0 Å². The number of nitrogens with zero attached hydrogens (tertiary/aromatic N) is 3. The maximum atomic E-state index is 12.3. The van der Waals surface area contributed by atoms with Gasteiger partial charge in [-0.3, -0.25) is 4.79 Å². The number of nitrogens with one attached hydrogen (secondary N) is 1. The quantitative estimate of drug-likeness (QED) is 0.704. The van der Waals surface area contributed by atoms with Gasteiger partial charge < -0.3 is 14.8 Å². The molecule has 2 aromatic carbocycles. The summed E-state index contributed by atoms with van der Waals surface area (Å²) in [7, 11) is 3.08. The molecule has 3 rings (SSSR count). The molecule has 0 aliphatic rings. The Kier molecular flexibility index (Phi) is 5.60. The van der Waals surface area contributed by atoms with Crippen molar-refractivity contribution in [3.8, 4) is 17.1 Å². The van der Waals surface area contributed by atoms with Gasteiger partial charge in [-0.1, -0.05) is 30.3 Å². The summed E-state index contributed by atoms with van der Waals surface area (Å²) in [5.41, 5.74) is 1.87. The van der Waals surface area contributed by atoms with E-state index >= 15 is 0 Å². The first-order valence-corrected chi connectivity index (χ1v) is 8.12. The number of carbonyl (C=O) groups is 1. The first-order chi connectivity index (χ1) is 12.7. The monoisotopic (exact) mass is 352 g/mol. The zero-order chi connectivity index (χ0) is 18.4. The Hall–Kier alpha value is -3.19. The Morgan fingerprint density at radius 1 is 1.08 bits per heavy atom. The zero-order valence-electron chi connectivity index (χ0n) is 14.7. The Balaban J connectivity index is 1.87. The van der Waals surface area contributed by atoms with Crippen LogP contribution in [-0.4, -0.2) is 41.5 Å². The van der Waals surface area contributed by atoms with Gasteiger partial charge in [-0.15, -0.1) is 5.10 Å². The lowest BCUT2D eigenvalue weighted by atomic mass is 10.2. The molecule has 0 radical (unpaired) electrons. The predicted octanol–water partition coefficient (Wildman–Crippen LogP) is 2.85. The van der Waals surface area contributed by atoms with Crippen LogP contribution in [0.25, 0.3) is 11.4 Å². The third-order valence-electron chi connectivity index (χ3n) is 3.75. The van der Waals surface area contributed by atoms with E-state index in [0.717, 1.165) is 16.9 Å². The molecule has 0 bridgehead atoms. The summed E-state index contributed by atoms with van der Waals surface area (Å²) in [5, 5.41) is 7.51. The van der Waals surface area contributed by atoms with Crippen LogP contribution in [0.1, 0.15) is 10.4 Å². The standard InChI is InChI=1S/C19H20N4O3/c1-25-13-17(24)23-19(20-12-14-6-4-3-5-7-14)21-18(22-23)15-8-10-16(26-2)11-9-15/h3-11H,12-13H2,1-2H3,(H,20,21,22). The normalized spacial score (nSPS) is 10.5. The Labute approximate surface area is 151 Å². The van der Waals surface area contributed by atoms with Crippen LogP contribution in [-0.2, 0) is 11.3 Å². The van der Waals surface area contributed by atoms with Crippen LogP contribution in [0.15, 0.2) is 54.6 Å². The van der Waals surface area contributed by atoms with Gasteiger partial charge in [0.25, 0.3) is 5.91 Å². The first kappa shape index (κ1) is 17.6. The second-order valence-electron chi connectivity index (χ2n) is 5.57. The molecule has 0 saturated heterocycles. The fourth-order valence-electron chi connectivity index (χ4n) is 2.42. The largest absolute Gasteiger partial charge is 0.497 e. The highest BCUT2D eigenvalue weighted by Gasteiger charge is 2.17. The van der Waals surface area contributed by atoms with Gasteiger partial charge in [-0.05, 0) is 29.8 Å². The molecule has 1 aromatic heterocycles. The molecule has 0 unspecified atom stereocenters. The van der Waals surface area contributed by atoms with E-state index in [-0.39, 0.29) is 12.5 Å². The summed E-state index contributed by atoms with van der Waals surface area (Å²) in [6, 6.07) is 17.2. The maximum Gasteiger partial charge on any atom is 0.276 e. The molecule has 7 heteroatoms. The lowest BCUT2D eigenvalue weighted by Crippen LogP contribution is -2.20. The van der Waals surface area contributed by atoms with Crippen molar-refractivity contribution in [2.75, 3.05) is 26.1 Å². The van der Waals surface area contributed by atoms with Gasteiger partial charge in [-0.25, -0.2) is 0 Å². The molecule has 0 spiro atoms. The summed E-state index contributed by atoms with van der Waals surface area (Å²) in [4.78, 5) is 16.8. The van der Waals surface area contributed by atoms with Crippen molar-refractivity contribution in [1.82, 2.24) is 14.8 Å². The van der Waals surface area contributed by atoms with Crippen LogP contribution in [0.3, 0.4) is 0 Å². The summed E-state index contributed by atoms with van der Waals surface area (Å²) < 4.78 is 11.3. The van der Waals surface area contributed by atoms with E-state index < -0.39 is 0 Å². The number of benzene rings is 2. The summed E-state index contributed by atoms with van der Waals surface area (Å²) in [5.74, 6) is 1.27. The molecule has 0 aliphatic heterocycles.